The van der Waals surface area contributed by atoms with Crippen LogP contribution in [0.1, 0.15) is 5.56 Å². The largest absolute Gasteiger partial charge is 1.00 e. The molecule has 1 aliphatic rings. The van der Waals surface area contributed by atoms with Crippen molar-refractivity contribution < 1.29 is 30.3 Å². The van der Waals surface area contributed by atoms with E-state index >= 15 is 0 Å². The zero-order valence-corrected chi connectivity index (χ0v) is 15.2. The standard InChI is InChI=1S/C21H13F2N2.BrH/c22-15-6-5-14(18(23)11-15)12-25-10-8-13-7-9-24-20-16-3-1-2-4-17(16)21(25)19(13)20;/h1-11H,12H2;1H/q+1;/p-1. The molecular formula is C21H13BrF2N2. The van der Waals surface area contributed by atoms with Gasteiger partial charge in [-0.3, -0.25) is 4.98 Å². The van der Waals surface area contributed by atoms with Crippen LogP contribution in [-0.2, 0) is 6.54 Å². The van der Waals surface area contributed by atoms with Crippen LogP contribution in [0.2, 0.25) is 0 Å². The molecule has 0 bridgehead atoms. The minimum atomic E-state index is -0.564. The fourth-order valence-electron chi connectivity index (χ4n) is 3.61. The lowest BCUT2D eigenvalue weighted by Crippen LogP contribution is -3.00. The predicted molar refractivity (Wildman–Crippen MR) is 91.8 cm³/mol. The van der Waals surface area contributed by atoms with Gasteiger partial charge in [0.15, 0.2) is 12.7 Å². The van der Waals surface area contributed by atoms with Crippen LogP contribution in [0.25, 0.3) is 33.3 Å². The number of benzene rings is 2. The molecule has 0 unspecified atom stereocenters. The Morgan fingerprint density at radius 1 is 0.923 bits per heavy atom. The van der Waals surface area contributed by atoms with Crippen LogP contribution >= 0.6 is 0 Å². The first-order valence-corrected chi connectivity index (χ1v) is 8.07. The molecule has 2 nitrogen and oxygen atoms in total. The second-order valence-electron chi connectivity index (χ2n) is 6.20. The highest BCUT2D eigenvalue weighted by Crippen LogP contribution is 2.43. The van der Waals surface area contributed by atoms with E-state index in [4.69, 9.17) is 0 Å². The number of aromatic nitrogens is 2. The summed E-state index contributed by atoms with van der Waals surface area (Å²) in [4.78, 5) is 4.56. The summed E-state index contributed by atoms with van der Waals surface area (Å²) >= 11 is 0. The van der Waals surface area contributed by atoms with Crippen LogP contribution in [0, 0.1) is 11.6 Å². The average molecular weight is 411 g/mol. The summed E-state index contributed by atoms with van der Waals surface area (Å²) in [7, 11) is 0. The summed E-state index contributed by atoms with van der Waals surface area (Å²) in [5.41, 5.74) is 4.61. The smallest absolute Gasteiger partial charge is 0.223 e. The van der Waals surface area contributed by atoms with Gasteiger partial charge in [-0.05, 0) is 29.7 Å². The Labute approximate surface area is 159 Å². The zero-order chi connectivity index (χ0) is 17.0. The molecule has 26 heavy (non-hydrogen) atoms. The maximum Gasteiger partial charge on any atom is 0.223 e. The van der Waals surface area contributed by atoms with Gasteiger partial charge < -0.3 is 17.0 Å². The van der Waals surface area contributed by atoms with Gasteiger partial charge in [0.05, 0.1) is 22.2 Å². The second-order valence-corrected chi connectivity index (χ2v) is 6.20. The minimum Gasteiger partial charge on any atom is -1.00 e. The number of halogens is 3. The van der Waals surface area contributed by atoms with E-state index in [1.54, 1.807) is 0 Å². The van der Waals surface area contributed by atoms with Gasteiger partial charge in [-0.2, -0.15) is 4.57 Å². The number of hydrogen-bond acceptors (Lipinski definition) is 1. The van der Waals surface area contributed by atoms with Crippen molar-refractivity contribution in [2.45, 2.75) is 6.54 Å². The second kappa shape index (κ2) is 6.25. The lowest BCUT2D eigenvalue weighted by atomic mass is 10.1. The molecule has 0 N–H and O–H groups in total. The molecule has 0 spiro atoms. The summed E-state index contributed by atoms with van der Waals surface area (Å²) in [6, 6.07) is 15.8. The molecule has 0 atom stereocenters. The number of pyridine rings is 2. The van der Waals surface area contributed by atoms with E-state index in [1.165, 1.54) is 12.1 Å². The van der Waals surface area contributed by atoms with Gasteiger partial charge >= 0.3 is 0 Å². The van der Waals surface area contributed by atoms with Gasteiger partial charge in [-0.15, -0.1) is 0 Å². The third kappa shape index (κ3) is 2.42. The Kier molecular flexibility index (Phi) is 4.04. The van der Waals surface area contributed by atoms with Crippen molar-refractivity contribution in [1.82, 2.24) is 4.98 Å². The Balaban J connectivity index is 0.00000168. The molecule has 0 saturated heterocycles. The van der Waals surface area contributed by atoms with Gasteiger partial charge in [-0.1, -0.05) is 18.2 Å². The van der Waals surface area contributed by atoms with Crippen LogP contribution in [0.15, 0.2) is 67.0 Å². The third-order valence-corrected chi connectivity index (χ3v) is 4.73. The lowest BCUT2D eigenvalue weighted by Gasteiger charge is -2.05. The first kappa shape index (κ1) is 16.8. The van der Waals surface area contributed by atoms with Crippen molar-refractivity contribution in [3.05, 3.63) is 84.2 Å². The molecule has 128 valence electrons. The Bertz CT molecular complexity index is 1160. The van der Waals surface area contributed by atoms with Crippen molar-refractivity contribution in [1.29, 1.82) is 0 Å². The molecule has 2 heterocycles. The van der Waals surface area contributed by atoms with Gasteiger partial charge in [0.1, 0.15) is 11.6 Å². The molecule has 2 aromatic heterocycles. The predicted octanol–water partition coefficient (Wildman–Crippen LogP) is 1.50. The molecule has 0 aliphatic heterocycles. The molecule has 5 heteroatoms. The van der Waals surface area contributed by atoms with Gasteiger partial charge in [0.2, 0.25) is 5.69 Å². The molecule has 2 aromatic carbocycles. The van der Waals surface area contributed by atoms with Crippen LogP contribution < -0.4 is 21.5 Å². The van der Waals surface area contributed by atoms with Crippen LogP contribution in [0.5, 0.6) is 0 Å². The van der Waals surface area contributed by atoms with Crippen molar-refractivity contribution in [2.75, 3.05) is 0 Å². The summed E-state index contributed by atoms with van der Waals surface area (Å²) in [6.07, 6.45) is 3.76. The van der Waals surface area contributed by atoms with Crippen molar-refractivity contribution in [3.63, 3.8) is 0 Å². The number of hydrogen-bond donors (Lipinski definition) is 0. The van der Waals surface area contributed by atoms with Crippen molar-refractivity contribution in [3.8, 4) is 22.5 Å². The number of fused-ring (bicyclic) bond motifs is 3. The van der Waals surface area contributed by atoms with Crippen LogP contribution in [-0.4, -0.2) is 4.98 Å². The first-order chi connectivity index (χ1) is 12.2. The van der Waals surface area contributed by atoms with Crippen molar-refractivity contribution in [2.24, 2.45) is 0 Å². The summed E-state index contributed by atoms with van der Waals surface area (Å²) in [5.74, 6) is -1.09. The number of nitrogens with zero attached hydrogens (tertiary/aromatic N) is 2. The van der Waals surface area contributed by atoms with Crippen molar-refractivity contribution >= 4 is 10.8 Å². The third-order valence-electron chi connectivity index (χ3n) is 4.73. The Morgan fingerprint density at radius 3 is 2.54 bits per heavy atom. The molecule has 4 aromatic rings. The molecule has 0 saturated carbocycles. The van der Waals surface area contributed by atoms with Gasteiger partial charge in [0, 0.05) is 23.9 Å². The maximum atomic E-state index is 14.1. The summed E-state index contributed by atoms with van der Waals surface area (Å²) < 4.78 is 29.3. The molecule has 0 radical (unpaired) electrons. The quantitative estimate of drug-likeness (QED) is 0.403. The summed E-state index contributed by atoms with van der Waals surface area (Å²) in [6.45, 7) is 0.333. The molecule has 1 aliphatic carbocycles. The minimum absolute atomic E-state index is 0. The van der Waals surface area contributed by atoms with E-state index in [2.05, 4.69) is 17.1 Å². The Hall–Kier alpha value is -2.66. The number of rotatable bonds is 2. The monoisotopic (exact) mass is 410 g/mol. The van der Waals surface area contributed by atoms with E-state index in [-0.39, 0.29) is 17.0 Å². The van der Waals surface area contributed by atoms with Gasteiger partial charge in [0.25, 0.3) is 0 Å². The Morgan fingerprint density at radius 2 is 1.73 bits per heavy atom. The van der Waals surface area contributed by atoms with E-state index in [1.807, 2.05) is 41.2 Å². The van der Waals surface area contributed by atoms with Crippen LogP contribution in [0.3, 0.4) is 0 Å². The zero-order valence-electron chi connectivity index (χ0n) is 13.6. The molecular weight excluding hydrogens is 398 g/mol. The maximum absolute atomic E-state index is 14.1. The van der Waals surface area contributed by atoms with Gasteiger partial charge in [-0.25, -0.2) is 8.78 Å². The molecule has 0 amide bonds. The molecule has 5 rings (SSSR count). The highest BCUT2D eigenvalue weighted by atomic mass is 79.9. The fourth-order valence-corrected chi connectivity index (χ4v) is 3.61. The highest BCUT2D eigenvalue weighted by molar-refractivity contribution is 6.11. The normalized spacial score (nSPS) is 11.3. The van der Waals surface area contributed by atoms with E-state index < -0.39 is 11.6 Å². The average Bonchev–Trinajstić information content (AvgIpc) is 2.96. The lowest BCUT2D eigenvalue weighted by molar-refractivity contribution is -0.676. The summed E-state index contributed by atoms with van der Waals surface area (Å²) in [5, 5.41) is 2.18. The first-order valence-electron chi connectivity index (χ1n) is 8.07. The van der Waals surface area contributed by atoms with Crippen LogP contribution in [0.4, 0.5) is 8.78 Å². The van der Waals surface area contributed by atoms with E-state index in [0.717, 1.165) is 39.4 Å². The van der Waals surface area contributed by atoms with E-state index in [9.17, 15) is 8.78 Å². The fraction of sp³-hybridized carbons (Fsp3) is 0.0476. The SMILES string of the molecule is Fc1ccc(C[n+]2ccc3ccnc4c3c2-c2ccccc2-4)c(F)c1.[Br-]. The molecule has 0 fully saturated rings. The van der Waals surface area contributed by atoms with E-state index in [0.29, 0.717) is 12.1 Å². The highest BCUT2D eigenvalue weighted by Gasteiger charge is 2.30. The topological polar surface area (TPSA) is 16.8 Å².